The van der Waals surface area contributed by atoms with Crippen molar-refractivity contribution >= 4 is 16.7 Å². The van der Waals surface area contributed by atoms with Crippen LogP contribution in [0.4, 0.5) is 0 Å². The van der Waals surface area contributed by atoms with Gasteiger partial charge >= 0.3 is 0 Å². The molecule has 1 atom stereocenters. The quantitative estimate of drug-likeness (QED) is 0.751. The molecule has 5 nitrogen and oxygen atoms in total. The highest BCUT2D eigenvalue weighted by molar-refractivity contribution is 6.03. The molecule has 0 saturated carbocycles. The Balaban J connectivity index is 1.97. The Bertz CT molecular complexity index is 784. The van der Waals surface area contributed by atoms with Crippen LogP contribution in [-0.2, 0) is 0 Å². The summed E-state index contributed by atoms with van der Waals surface area (Å²) in [5, 5.41) is 31.4. The number of hydrogen-bond donors (Lipinski definition) is 3. The Morgan fingerprint density at radius 3 is 2.67 bits per heavy atom. The van der Waals surface area contributed by atoms with Gasteiger partial charge in [0.05, 0.1) is 11.7 Å². The first kappa shape index (κ1) is 16.6. The van der Waals surface area contributed by atoms with Gasteiger partial charge in [-0.05, 0) is 41.8 Å². The Labute approximate surface area is 141 Å². The van der Waals surface area contributed by atoms with E-state index in [0.717, 1.165) is 5.39 Å². The van der Waals surface area contributed by atoms with E-state index in [4.69, 9.17) is 0 Å². The lowest BCUT2D eigenvalue weighted by molar-refractivity contribution is 0.0702. The van der Waals surface area contributed by atoms with Crippen LogP contribution in [0.2, 0.25) is 0 Å². The van der Waals surface area contributed by atoms with Crippen LogP contribution in [0.15, 0.2) is 30.3 Å². The number of phenols is 2. The molecule has 1 aliphatic heterocycles. The zero-order valence-electron chi connectivity index (χ0n) is 14.0. The van der Waals surface area contributed by atoms with Gasteiger partial charge in [0, 0.05) is 18.5 Å². The van der Waals surface area contributed by atoms with Gasteiger partial charge in [0.15, 0.2) is 0 Å². The van der Waals surface area contributed by atoms with Crippen LogP contribution in [0.25, 0.3) is 10.8 Å². The molecule has 0 aliphatic carbocycles. The summed E-state index contributed by atoms with van der Waals surface area (Å²) in [6.07, 6.45) is 0.763. The highest BCUT2D eigenvalue weighted by Crippen LogP contribution is 2.34. The van der Waals surface area contributed by atoms with Gasteiger partial charge in [0.1, 0.15) is 11.5 Å². The molecule has 1 amide bonds. The monoisotopic (exact) mass is 329 g/mol. The van der Waals surface area contributed by atoms with E-state index >= 15 is 0 Å². The summed E-state index contributed by atoms with van der Waals surface area (Å²) in [7, 11) is 0. The number of rotatable bonds is 1. The molecule has 3 N–H and O–H groups in total. The van der Waals surface area contributed by atoms with Crippen molar-refractivity contribution in [1.29, 1.82) is 0 Å². The van der Waals surface area contributed by atoms with E-state index in [1.54, 1.807) is 29.2 Å². The fourth-order valence-corrected chi connectivity index (χ4v) is 3.51. The van der Waals surface area contributed by atoms with Crippen molar-refractivity contribution in [3.63, 3.8) is 0 Å². The second-order valence-corrected chi connectivity index (χ2v) is 7.40. The molecular weight excluding hydrogens is 306 g/mol. The van der Waals surface area contributed by atoms with E-state index in [1.165, 1.54) is 6.07 Å². The van der Waals surface area contributed by atoms with Gasteiger partial charge < -0.3 is 20.2 Å². The number of aliphatic hydroxyl groups is 1. The zero-order valence-corrected chi connectivity index (χ0v) is 14.0. The Kier molecular flexibility index (Phi) is 4.13. The second-order valence-electron chi connectivity index (χ2n) is 7.40. The SMILES string of the molecule is CC1(C)CC(O)CCN(C(=O)c2ccc3ccc(O)cc3c2O)C1. The Hall–Kier alpha value is -2.27. The molecule has 1 heterocycles. The third-order valence-corrected chi connectivity index (χ3v) is 4.63. The van der Waals surface area contributed by atoms with Crippen molar-refractivity contribution in [3.05, 3.63) is 35.9 Å². The number of carbonyl (C=O) groups excluding carboxylic acids is 1. The summed E-state index contributed by atoms with van der Waals surface area (Å²) in [6, 6.07) is 8.08. The highest BCUT2D eigenvalue weighted by Gasteiger charge is 2.32. The van der Waals surface area contributed by atoms with Crippen LogP contribution in [-0.4, -0.2) is 45.3 Å². The fourth-order valence-electron chi connectivity index (χ4n) is 3.51. The molecule has 0 radical (unpaired) electrons. The normalized spacial score (nSPS) is 20.8. The van der Waals surface area contributed by atoms with Crippen LogP contribution in [0.1, 0.15) is 37.0 Å². The Morgan fingerprint density at radius 2 is 1.92 bits per heavy atom. The predicted molar refractivity (Wildman–Crippen MR) is 92.2 cm³/mol. The third kappa shape index (κ3) is 3.17. The van der Waals surface area contributed by atoms with Gasteiger partial charge in [-0.1, -0.05) is 26.0 Å². The number of nitrogens with zero attached hydrogens (tertiary/aromatic N) is 1. The van der Waals surface area contributed by atoms with E-state index in [9.17, 15) is 20.1 Å². The van der Waals surface area contributed by atoms with Crippen molar-refractivity contribution < 1.29 is 20.1 Å². The topological polar surface area (TPSA) is 81.0 Å². The van der Waals surface area contributed by atoms with Crippen molar-refractivity contribution in [2.24, 2.45) is 5.41 Å². The summed E-state index contributed by atoms with van der Waals surface area (Å²) in [4.78, 5) is 14.6. The maximum absolute atomic E-state index is 12.9. The molecular formula is C19H23NO4. The minimum absolute atomic E-state index is 0.0430. The standard InChI is InChI=1S/C19H23NO4/c1-19(2)10-14(22)7-8-20(11-19)18(24)15-6-4-12-3-5-13(21)9-16(12)17(15)23/h3-6,9,14,21-23H,7-8,10-11H2,1-2H3. The smallest absolute Gasteiger partial charge is 0.257 e. The zero-order chi connectivity index (χ0) is 17.5. The summed E-state index contributed by atoms with van der Waals surface area (Å²) in [6.45, 7) is 5.04. The number of aliphatic hydroxyl groups excluding tert-OH is 1. The molecule has 1 unspecified atom stereocenters. The molecule has 1 saturated heterocycles. The van der Waals surface area contributed by atoms with E-state index in [1.807, 2.05) is 13.8 Å². The summed E-state index contributed by atoms with van der Waals surface area (Å²) < 4.78 is 0. The minimum Gasteiger partial charge on any atom is -0.508 e. The lowest BCUT2D eigenvalue weighted by Crippen LogP contribution is -2.37. The number of carbonyl (C=O) groups is 1. The average Bonchev–Trinajstić information content (AvgIpc) is 2.64. The molecule has 1 aliphatic rings. The molecule has 24 heavy (non-hydrogen) atoms. The number of phenolic OH excluding ortho intramolecular Hbond substituents is 2. The molecule has 0 aromatic heterocycles. The minimum atomic E-state index is -0.417. The number of hydrogen-bond acceptors (Lipinski definition) is 4. The number of aromatic hydroxyl groups is 2. The second kappa shape index (κ2) is 5.98. The lowest BCUT2D eigenvalue weighted by atomic mass is 9.87. The number of amides is 1. The van der Waals surface area contributed by atoms with Gasteiger partial charge in [-0.3, -0.25) is 4.79 Å². The van der Waals surface area contributed by atoms with Crippen molar-refractivity contribution in [1.82, 2.24) is 4.90 Å². The van der Waals surface area contributed by atoms with Crippen molar-refractivity contribution in [2.45, 2.75) is 32.8 Å². The number of benzene rings is 2. The molecule has 128 valence electrons. The molecule has 2 aromatic rings. The summed E-state index contributed by atoms with van der Waals surface area (Å²) in [5.41, 5.74) is 0.0383. The third-order valence-electron chi connectivity index (χ3n) is 4.63. The fraction of sp³-hybridized carbons (Fsp3) is 0.421. The average molecular weight is 329 g/mol. The van der Waals surface area contributed by atoms with Crippen LogP contribution in [0, 0.1) is 5.41 Å². The summed E-state index contributed by atoms with van der Waals surface area (Å²) >= 11 is 0. The van der Waals surface area contributed by atoms with Gasteiger partial charge in [0.2, 0.25) is 0 Å². The number of fused-ring (bicyclic) bond motifs is 1. The van der Waals surface area contributed by atoms with Gasteiger partial charge in [-0.2, -0.15) is 0 Å². The first-order valence-electron chi connectivity index (χ1n) is 8.19. The number of likely N-dealkylation sites (tertiary alicyclic amines) is 1. The maximum atomic E-state index is 12.9. The van der Waals surface area contributed by atoms with Crippen LogP contribution >= 0.6 is 0 Å². The van der Waals surface area contributed by atoms with Crippen LogP contribution < -0.4 is 0 Å². The van der Waals surface area contributed by atoms with Crippen LogP contribution in [0.5, 0.6) is 11.5 Å². The molecule has 3 rings (SSSR count). The molecule has 1 fully saturated rings. The van der Waals surface area contributed by atoms with Gasteiger partial charge in [-0.15, -0.1) is 0 Å². The van der Waals surface area contributed by atoms with Crippen molar-refractivity contribution in [3.8, 4) is 11.5 Å². The first-order valence-corrected chi connectivity index (χ1v) is 8.19. The molecule has 0 bridgehead atoms. The van der Waals surface area contributed by atoms with Gasteiger partial charge in [-0.25, -0.2) is 0 Å². The lowest BCUT2D eigenvalue weighted by Gasteiger charge is -2.30. The molecule has 2 aromatic carbocycles. The van der Waals surface area contributed by atoms with Gasteiger partial charge in [0.25, 0.3) is 5.91 Å². The van der Waals surface area contributed by atoms with Crippen LogP contribution in [0.3, 0.4) is 0 Å². The highest BCUT2D eigenvalue weighted by atomic mass is 16.3. The first-order chi connectivity index (χ1) is 11.3. The van der Waals surface area contributed by atoms with E-state index < -0.39 is 6.10 Å². The molecule has 5 heteroatoms. The maximum Gasteiger partial charge on any atom is 0.257 e. The summed E-state index contributed by atoms with van der Waals surface area (Å²) in [5.74, 6) is -0.322. The van der Waals surface area contributed by atoms with E-state index in [0.29, 0.717) is 31.3 Å². The van der Waals surface area contributed by atoms with Crippen molar-refractivity contribution in [2.75, 3.05) is 13.1 Å². The van der Waals surface area contributed by atoms with E-state index in [-0.39, 0.29) is 28.4 Å². The molecule has 0 spiro atoms. The largest absolute Gasteiger partial charge is 0.508 e. The van der Waals surface area contributed by atoms with E-state index in [2.05, 4.69) is 0 Å². The Morgan fingerprint density at radius 1 is 1.21 bits per heavy atom. The predicted octanol–water partition coefficient (Wildman–Crippen LogP) is 2.87.